The zero-order valence-corrected chi connectivity index (χ0v) is 38.9. The second-order valence-corrected chi connectivity index (χ2v) is 25.9. The molecule has 0 saturated carbocycles. The number of rotatable bonds is 8. The van der Waals surface area contributed by atoms with E-state index in [0.29, 0.717) is 0 Å². The van der Waals surface area contributed by atoms with Crippen LogP contribution in [0, 0.1) is 0 Å². The SMILES string of the molecule is O=S(c1ccc(N2c3ccccc3[Si](c3ccccc3)(c3ccccc3)c3ccccc32)cc1)c1ccc(N2c3ccccc3[Si](c3ccccc3)(c3ccccc3)c3ccccc32)cc1. The van der Waals surface area contributed by atoms with Crippen LogP contribution in [0.3, 0.4) is 0 Å². The molecule has 0 saturated heterocycles. The Morgan fingerprint density at radius 2 is 0.485 bits per heavy atom. The molecule has 0 bridgehead atoms. The standard InChI is InChI=1S/C60H44N2OSSi2/c63-64(47-41-37-45(38-42-47)61-53-29-13-17-33-57(53)65(49-21-5-1-6-22-49,50-23-7-2-8-24-50)58-34-18-14-30-54(58)61)48-43-39-46(40-44-48)62-55-31-15-19-35-59(55)66(51-25-9-3-10-26-51,52-27-11-4-12-28-52)60-36-20-16-32-56(60)62/h1-44H. The first kappa shape index (κ1) is 39.9. The van der Waals surface area contributed by atoms with E-state index >= 15 is 0 Å². The Kier molecular flexibility index (Phi) is 9.94. The molecule has 0 spiro atoms. The molecule has 0 aromatic heterocycles. The lowest BCUT2D eigenvalue weighted by molar-refractivity contribution is 0.683. The third kappa shape index (κ3) is 6.10. The van der Waals surface area contributed by atoms with Gasteiger partial charge in [-0.2, -0.15) is 0 Å². The average Bonchev–Trinajstić information content (AvgIpc) is 3.40. The monoisotopic (exact) mass is 896 g/mol. The van der Waals surface area contributed by atoms with Gasteiger partial charge >= 0.3 is 0 Å². The molecule has 0 unspecified atom stereocenters. The van der Waals surface area contributed by atoms with Gasteiger partial charge in [-0.25, -0.2) is 4.21 Å². The largest absolute Gasteiger partial charge is 0.311 e. The van der Waals surface area contributed by atoms with Crippen LogP contribution in [0.4, 0.5) is 34.1 Å². The highest BCUT2D eigenvalue weighted by Gasteiger charge is 2.50. The van der Waals surface area contributed by atoms with E-state index in [4.69, 9.17) is 0 Å². The Balaban J connectivity index is 0.905. The third-order valence-electron chi connectivity index (χ3n) is 13.6. The molecule has 314 valence electrons. The van der Waals surface area contributed by atoms with E-state index in [2.05, 4.69) is 252 Å². The highest BCUT2D eigenvalue weighted by molar-refractivity contribution is 7.85. The third-order valence-corrected chi connectivity index (χ3v) is 24.8. The summed E-state index contributed by atoms with van der Waals surface area (Å²) in [4.78, 5) is 6.31. The maximum absolute atomic E-state index is 14.5. The van der Waals surface area contributed by atoms with Crippen molar-refractivity contribution < 1.29 is 4.21 Å². The zero-order chi connectivity index (χ0) is 44.1. The molecule has 12 rings (SSSR count). The molecule has 0 atom stereocenters. The number of hydrogen-bond donors (Lipinski definition) is 0. The van der Waals surface area contributed by atoms with Gasteiger partial charge in [-0.15, -0.1) is 0 Å². The molecule has 3 nitrogen and oxygen atoms in total. The molecule has 0 fully saturated rings. The van der Waals surface area contributed by atoms with Crippen LogP contribution >= 0.6 is 0 Å². The molecular formula is C60H44N2OSSi2. The fourth-order valence-corrected chi connectivity index (χ4v) is 22.2. The van der Waals surface area contributed by atoms with Crippen molar-refractivity contribution in [2.45, 2.75) is 9.79 Å². The van der Waals surface area contributed by atoms with Crippen LogP contribution in [0.1, 0.15) is 0 Å². The van der Waals surface area contributed by atoms with Crippen molar-refractivity contribution in [3.63, 3.8) is 0 Å². The highest BCUT2D eigenvalue weighted by Crippen LogP contribution is 2.40. The van der Waals surface area contributed by atoms with E-state index in [1.807, 2.05) is 24.3 Å². The van der Waals surface area contributed by atoms with Crippen molar-refractivity contribution in [3.8, 4) is 0 Å². The van der Waals surface area contributed by atoms with Crippen LogP contribution in [0.5, 0.6) is 0 Å². The summed E-state index contributed by atoms with van der Waals surface area (Å²) in [6, 6.07) is 96.7. The van der Waals surface area contributed by atoms with Crippen molar-refractivity contribution in [2.75, 3.05) is 9.80 Å². The first-order valence-electron chi connectivity index (χ1n) is 22.5. The summed E-state index contributed by atoms with van der Waals surface area (Å²) in [5.74, 6) is 0. The summed E-state index contributed by atoms with van der Waals surface area (Å²) in [6.07, 6.45) is 0. The van der Waals surface area contributed by atoms with E-state index < -0.39 is 26.9 Å². The van der Waals surface area contributed by atoms with E-state index in [-0.39, 0.29) is 0 Å². The van der Waals surface area contributed by atoms with Gasteiger partial charge in [-0.3, -0.25) is 0 Å². The molecule has 6 heteroatoms. The van der Waals surface area contributed by atoms with Gasteiger partial charge in [0, 0.05) is 43.9 Å². The summed E-state index contributed by atoms with van der Waals surface area (Å²) in [5.41, 5.74) is 6.76. The topological polar surface area (TPSA) is 23.6 Å². The minimum absolute atomic E-state index is 0.762. The Labute approximate surface area is 391 Å². The van der Waals surface area contributed by atoms with Gasteiger partial charge in [-0.1, -0.05) is 194 Å². The van der Waals surface area contributed by atoms with Gasteiger partial charge in [0.1, 0.15) is 0 Å². The van der Waals surface area contributed by atoms with Crippen LogP contribution < -0.4 is 51.3 Å². The molecule has 2 aliphatic heterocycles. The fourth-order valence-electron chi connectivity index (χ4n) is 11.0. The number of nitrogens with zero attached hydrogens (tertiary/aromatic N) is 2. The van der Waals surface area contributed by atoms with Gasteiger partial charge in [0.2, 0.25) is 0 Å². The molecule has 0 radical (unpaired) electrons. The summed E-state index contributed by atoms with van der Waals surface area (Å²) >= 11 is 0. The Hall–Kier alpha value is -7.62. The summed E-state index contributed by atoms with van der Waals surface area (Å²) < 4.78 is 14.5. The number of benzene rings is 10. The van der Waals surface area contributed by atoms with Gasteiger partial charge in [0.05, 0.1) is 10.8 Å². The summed E-state index contributed by atoms with van der Waals surface area (Å²) in [7, 11) is -6.82. The van der Waals surface area contributed by atoms with Crippen molar-refractivity contribution >= 4 is 103 Å². The predicted molar refractivity (Wildman–Crippen MR) is 281 cm³/mol. The van der Waals surface area contributed by atoms with Crippen LogP contribution in [0.15, 0.2) is 277 Å². The van der Waals surface area contributed by atoms with Gasteiger partial charge < -0.3 is 9.80 Å². The summed E-state index contributed by atoms with van der Waals surface area (Å²) in [5, 5.41) is 10.8. The molecule has 10 aromatic carbocycles. The number of fused-ring (bicyclic) bond motifs is 4. The molecule has 0 N–H and O–H groups in total. The highest BCUT2D eigenvalue weighted by atomic mass is 32.2. The van der Waals surface area contributed by atoms with E-state index in [9.17, 15) is 4.21 Å². The van der Waals surface area contributed by atoms with Crippen molar-refractivity contribution in [1.82, 2.24) is 0 Å². The van der Waals surface area contributed by atoms with Crippen LogP contribution in [0.25, 0.3) is 0 Å². The molecule has 2 aliphatic rings. The lowest BCUT2D eigenvalue weighted by Gasteiger charge is -2.45. The minimum Gasteiger partial charge on any atom is -0.311 e. The molecule has 10 aromatic rings. The van der Waals surface area contributed by atoms with Crippen molar-refractivity contribution in [2.24, 2.45) is 0 Å². The van der Waals surface area contributed by atoms with Gasteiger partial charge in [0.15, 0.2) is 16.1 Å². The van der Waals surface area contributed by atoms with Crippen LogP contribution in [-0.4, -0.2) is 20.4 Å². The lowest BCUT2D eigenvalue weighted by atomic mass is 10.1. The first-order valence-corrected chi connectivity index (χ1v) is 27.7. The quantitative estimate of drug-likeness (QED) is 0.142. The molecule has 66 heavy (non-hydrogen) atoms. The van der Waals surface area contributed by atoms with Crippen LogP contribution in [0.2, 0.25) is 0 Å². The first-order chi connectivity index (χ1) is 32.7. The van der Waals surface area contributed by atoms with Gasteiger partial charge in [0.25, 0.3) is 0 Å². The van der Waals surface area contributed by atoms with Crippen molar-refractivity contribution in [3.05, 3.63) is 267 Å². The van der Waals surface area contributed by atoms with Gasteiger partial charge in [-0.05, 0) is 114 Å². The minimum atomic E-state index is -2.71. The van der Waals surface area contributed by atoms with E-state index in [1.165, 1.54) is 64.2 Å². The second kappa shape index (κ2) is 16.4. The smallest absolute Gasteiger partial charge is 0.184 e. The Bertz CT molecular complexity index is 2980. The van der Waals surface area contributed by atoms with Crippen molar-refractivity contribution in [1.29, 1.82) is 0 Å². The zero-order valence-electron chi connectivity index (χ0n) is 36.1. The number of anilines is 6. The lowest BCUT2D eigenvalue weighted by Crippen LogP contribution is -2.77. The predicted octanol–water partition coefficient (Wildman–Crippen LogP) is 9.17. The molecular weight excluding hydrogens is 853 g/mol. The Morgan fingerprint density at radius 1 is 0.258 bits per heavy atom. The second-order valence-electron chi connectivity index (χ2n) is 17.0. The maximum Gasteiger partial charge on any atom is 0.184 e. The molecule has 2 heterocycles. The Morgan fingerprint density at radius 3 is 0.742 bits per heavy atom. The molecule has 0 aliphatic carbocycles. The van der Waals surface area contributed by atoms with E-state index in [1.54, 1.807) is 0 Å². The fraction of sp³-hybridized carbons (Fsp3) is 0. The normalized spacial score (nSPS) is 14.1. The number of para-hydroxylation sites is 4. The average molecular weight is 897 g/mol. The summed E-state index contributed by atoms with van der Waals surface area (Å²) in [6.45, 7) is 0. The molecule has 0 amide bonds. The van der Waals surface area contributed by atoms with Crippen LogP contribution in [-0.2, 0) is 10.8 Å². The number of hydrogen-bond acceptors (Lipinski definition) is 3. The van der Waals surface area contributed by atoms with E-state index in [0.717, 1.165) is 21.2 Å². The maximum atomic E-state index is 14.5.